The molecule has 0 radical (unpaired) electrons. The van der Waals surface area contributed by atoms with Gasteiger partial charge in [0.05, 0.1) is 12.6 Å². The van der Waals surface area contributed by atoms with Gasteiger partial charge in [-0.3, -0.25) is 9.80 Å². The van der Waals surface area contributed by atoms with Gasteiger partial charge in [-0.1, -0.05) is 5.16 Å². The highest BCUT2D eigenvalue weighted by atomic mass is 19.1. The number of aromatic nitrogens is 2. The molecule has 1 aromatic carbocycles. The normalized spacial score (nSPS) is 18.0. The first-order chi connectivity index (χ1) is 11.6. The van der Waals surface area contributed by atoms with Crippen LogP contribution in [-0.4, -0.2) is 64.4 Å². The fourth-order valence-corrected chi connectivity index (χ4v) is 2.98. The highest BCUT2D eigenvalue weighted by Crippen LogP contribution is 2.24. The summed E-state index contributed by atoms with van der Waals surface area (Å²) < 4.78 is 18.8. The maximum atomic E-state index is 13.4. The van der Waals surface area contributed by atoms with Gasteiger partial charge in [0.25, 0.3) is 0 Å². The van der Waals surface area contributed by atoms with Crippen LogP contribution < -0.4 is 0 Å². The molecule has 0 saturated carbocycles. The van der Waals surface area contributed by atoms with E-state index in [1.54, 1.807) is 19.1 Å². The van der Waals surface area contributed by atoms with Gasteiger partial charge < -0.3 is 9.63 Å². The number of aliphatic hydroxyl groups excluding tert-OH is 1. The van der Waals surface area contributed by atoms with E-state index in [1.807, 2.05) is 0 Å². The van der Waals surface area contributed by atoms with Crippen molar-refractivity contribution >= 4 is 0 Å². The van der Waals surface area contributed by atoms with Gasteiger partial charge in [0.1, 0.15) is 5.82 Å². The lowest BCUT2D eigenvalue weighted by molar-refractivity contribution is 0.0776. The van der Waals surface area contributed by atoms with Crippen molar-refractivity contribution in [3.63, 3.8) is 0 Å². The van der Waals surface area contributed by atoms with Crippen LogP contribution in [0, 0.1) is 12.7 Å². The van der Waals surface area contributed by atoms with Crippen molar-refractivity contribution < 1.29 is 14.0 Å². The van der Waals surface area contributed by atoms with Crippen LogP contribution in [0.15, 0.2) is 22.7 Å². The number of β-amino-alcohol motifs (C(OH)–C–C–N with tert-alkyl or cyclic N) is 1. The Labute approximate surface area is 140 Å². The van der Waals surface area contributed by atoms with E-state index in [-0.39, 0.29) is 18.5 Å². The predicted molar refractivity (Wildman–Crippen MR) is 87.9 cm³/mol. The molecular formula is C17H23FN4O2. The minimum absolute atomic E-state index is 0.0315. The van der Waals surface area contributed by atoms with Crippen LogP contribution in [0.2, 0.25) is 0 Å². The van der Waals surface area contributed by atoms with Gasteiger partial charge >= 0.3 is 0 Å². The number of aliphatic hydroxyl groups is 1. The summed E-state index contributed by atoms with van der Waals surface area (Å²) in [7, 11) is 0. The number of rotatable bonds is 5. The molecule has 130 valence electrons. The third kappa shape index (κ3) is 3.63. The van der Waals surface area contributed by atoms with E-state index in [1.165, 1.54) is 6.07 Å². The molecule has 1 aliphatic heterocycles. The second-order valence-corrected chi connectivity index (χ2v) is 6.20. The van der Waals surface area contributed by atoms with Crippen LogP contribution in [0.25, 0.3) is 11.4 Å². The van der Waals surface area contributed by atoms with Crippen molar-refractivity contribution in [2.24, 2.45) is 0 Å². The lowest BCUT2D eigenvalue weighted by atomic mass is 10.1. The Morgan fingerprint density at radius 2 is 2.04 bits per heavy atom. The van der Waals surface area contributed by atoms with E-state index in [9.17, 15) is 4.39 Å². The van der Waals surface area contributed by atoms with Gasteiger partial charge in [0, 0.05) is 38.3 Å². The Bertz CT molecular complexity index is 683. The summed E-state index contributed by atoms with van der Waals surface area (Å²) >= 11 is 0. The maximum absolute atomic E-state index is 13.4. The summed E-state index contributed by atoms with van der Waals surface area (Å²) in [6.07, 6.45) is 0. The fourth-order valence-electron chi connectivity index (χ4n) is 2.98. The van der Waals surface area contributed by atoms with Gasteiger partial charge in [-0.25, -0.2) is 4.39 Å². The van der Waals surface area contributed by atoms with Crippen LogP contribution in [0.5, 0.6) is 0 Å². The number of piperazine rings is 1. The van der Waals surface area contributed by atoms with E-state index in [4.69, 9.17) is 9.63 Å². The molecule has 3 rings (SSSR count). The number of hydrogen-bond acceptors (Lipinski definition) is 6. The SMILES string of the molecule is Cc1cc(-c2noc(C(C)N3CCN(CCO)CC3)n2)ccc1F. The molecule has 0 spiro atoms. The molecule has 1 aromatic heterocycles. The van der Waals surface area contributed by atoms with E-state index in [2.05, 4.69) is 26.9 Å². The molecule has 0 bridgehead atoms. The van der Waals surface area contributed by atoms with E-state index in [0.717, 1.165) is 38.3 Å². The zero-order valence-corrected chi connectivity index (χ0v) is 14.1. The zero-order valence-electron chi connectivity index (χ0n) is 14.1. The summed E-state index contributed by atoms with van der Waals surface area (Å²) in [6.45, 7) is 8.31. The standard InChI is InChI=1S/C17H23FN4O2/c1-12-11-14(3-4-15(12)18)16-19-17(24-20-16)13(2)22-7-5-21(6-8-22)9-10-23/h3-4,11,13,23H,5-10H2,1-2H3. The Morgan fingerprint density at radius 1 is 1.29 bits per heavy atom. The second-order valence-electron chi connectivity index (χ2n) is 6.20. The predicted octanol–water partition coefficient (Wildman–Crippen LogP) is 1.86. The van der Waals surface area contributed by atoms with E-state index in [0.29, 0.717) is 17.3 Å². The fraction of sp³-hybridized carbons (Fsp3) is 0.529. The molecule has 1 unspecified atom stereocenters. The van der Waals surface area contributed by atoms with Crippen molar-refractivity contribution in [1.29, 1.82) is 0 Å². The molecule has 1 saturated heterocycles. The molecule has 0 amide bonds. The molecule has 1 aliphatic rings. The highest BCUT2D eigenvalue weighted by Gasteiger charge is 2.25. The number of benzene rings is 1. The lowest BCUT2D eigenvalue weighted by Crippen LogP contribution is -2.47. The lowest BCUT2D eigenvalue weighted by Gasteiger charge is -2.36. The van der Waals surface area contributed by atoms with Gasteiger partial charge in [-0.15, -0.1) is 0 Å². The Kier molecular flexibility index (Phi) is 5.23. The summed E-state index contributed by atoms with van der Waals surface area (Å²) in [5.41, 5.74) is 1.32. The van der Waals surface area contributed by atoms with E-state index < -0.39 is 0 Å². The average Bonchev–Trinajstić information content (AvgIpc) is 3.08. The summed E-state index contributed by atoms with van der Waals surface area (Å²) in [6, 6.07) is 4.84. The number of aryl methyl sites for hydroxylation is 1. The van der Waals surface area contributed by atoms with Crippen molar-refractivity contribution in [3.8, 4) is 11.4 Å². The maximum Gasteiger partial charge on any atom is 0.244 e. The first-order valence-corrected chi connectivity index (χ1v) is 8.26. The zero-order chi connectivity index (χ0) is 17.1. The van der Waals surface area contributed by atoms with Gasteiger partial charge in [0.2, 0.25) is 11.7 Å². The Balaban J connectivity index is 1.68. The highest BCUT2D eigenvalue weighted by molar-refractivity contribution is 5.55. The molecule has 1 fully saturated rings. The quantitative estimate of drug-likeness (QED) is 0.900. The second kappa shape index (κ2) is 7.38. The summed E-state index contributed by atoms with van der Waals surface area (Å²) in [4.78, 5) is 9.02. The van der Waals surface area contributed by atoms with Crippen molar-refractivity contribution in [2.45, 2.75) is 19.9 Å². The largest absolute Gasteiger partial charge is 0.395 e. The topological polar surface area (TPSA) is 65.6 Å². The minimum atomic E-state index is -0.239. The molecular weight excluding hydrogens is 311 g/mol. The molecule has 6 nitrogen and oxygen atoms in total. The smallest absolute Gasteiger partial charge is 0.244 e. The van der Waals surface area contributed by atoms with Crippen LogP contribution in [0.4, 0.5) is 4.39 Å². The van der Waals surface area contributed by atoms with Gasteiger partial charge in [-0.05, 0) is 37.6 Å². The number of hydrogen-bond donors (Lipinski definition) is 1. The molecule has 1 N–H and O–H groups in total. The molecule has 2 aromatic rings. The third-order valence-corrected chi connectivity index (χ3v) is 4.59. The average molecular weight is 334 g/mol. The first kappa shape index (κ1) is 17.0. The van der Waals surface area contributed by atoms with Crippen LogP contribution >= 0.6 is 0 Å². The van der Waals surface area contributed by atoms with Crippen LogP contribution in [0.3, 0.4) is 0 Å². The molecule has 24 heavy (non-hydrogen) atoms. The monoisotopic (exact) mass is 334 g/mol. The van der Waals surface area contributed by atoms with Gasteiger partial charge in [0.15, 0.2) is 0 Å². The molecule has 1 atom stereocenters. The van der Waals surface area contributed by atoms with Crippen molar-refractivity contribution in [2.75, 3.05) is 39.3 Å². The summed E-state index contributed by atoms with van der Waals surface area (Å²) in [5.74, 6) is 0.818. The van der Waals surface area contributed by atoms with Crippen molar-refractivity contribution in [3.05, 3.63) is 35.5 Å². The van der Waals surface area contributed by atoms with E-state index >= 15 is 0 Å². The van der Waals surface area contributed by atoms with Gasteiger partial charge in [-0.2, -0.15) is 4.98 Å². The Morgan fingerprint density at radius 3 is 2.71 bits per heavy atom. The number of nitrogens with zero attached hydrogens (tertiary/aromatic N) is 4. The molecule has 0 aliphatic carbocycles. The Hall–Kier alpha value is -1.83. The first-order valence-electron chi connectivity index (χ1n) is 8.26. The molecule has 2 heterocycles. The number of halogens is 1. The van der Waals surface area contributed by atoms with Crippen LogP contribution in [0.1, 0.15) is 24.4 Å². The minimum Gasteiger partial charge on any atom is -0.395 e. The van der Waals surface area contributed by atoms with Crippen molar-refractivity contribution in [1.82, 2.24) is 19.9 Å². The third-order valence-electron chi connectivity index (χ3n) is 4.59. The molecule has 7 heteroatoms. The summed E-state index contributed by atoms with van der Waals surface area (Å²) in [5, 5.41) is 13.0. The van der Waals surface area contributed by atoms with Crippen LogP contribution in [-0.2, 0) is 0 Å².